The maximum absolute atomic E-state index is 12.8. The molecule has 1 aliphatic heterocycles. The SMILES string of the molecule is COc1cc(N)c(Br)cc1CNCC1CCN(C(=O)OC(C)(C)C)C(C(C)(C)C)C1. The highest BCUT2D eigenvalue weighted by atomic mass is 79.9. The molecule has 0 radical (unpaired) electrons. The van der Waals surface area contributed by atoms with Crippen LogP contribution < -0.4 is 15.8 Å². The van der Waals surface area contributed by atoms with E-state index in [1.807, 2.05) is 37.8 Å². The number of amides is 1. The number of hydrogen-bond acceptors (Lipinski definition) is 5. The average Bonchev–Trinajstić information content (AvgIpc) is 2.62. The summed E-state index contributed by atoms with van der Waals surface area (Å²) in [4.78, 5) is 14.7. The minimum atomic E-state index is -0.482. The highest BCUT2D eigenvalue weighted by Crippen LogP contribution is 2.35. The monoisotopic (exact) mass is 483 g/mol. The molecule has 0 aliphatic carbocycles. The number of nitrogens with zero attached hydrogens (tertiary/aromatic N) is 1. The van der Waals surface area contributed by atoms with Gasteiger partial charge in [-0.25, -0.2) is 4.79 Å². The molecule has 1 aromatic rings. The Morgan fingerprint density at radius 3 is 2.50 bits per heavy atom. The Labute approximate surface area is 190 Å². The number of carbonyl (C=O) groups excluding carboxylic acids is 1. The van der Waals surface area contributed by atoms with Crippen molar-refractivity contribution in [3.63, 3.8) is 0 Å². The summed E-state index contributed by atoms with van der Waals surface area (Å²) in [6, 6.07) is 3.99. The molecule has 2 atom stereocenters. The molecule has 1 heterocycles. The van der Waals surface area contributed by atoms with Crippen molar-refractivity contribution >= 4 is 27.7 Å². The van der Waals surface area contributed by atoms with Crippen LogP contribution in [-0.4, -0.2) is 42.8 Å². The first-order valence-corrected chi connectivity index (χ1v) is 11.4. The molecule has 2 rings (SSSR count). The summed E-state index contributed by atoms with van der Waals surface area (Å²) < 4.78 is 12.0. The van der Waals surface area contributed by atoms with Gasteiger partial charge in [-0.05, 0) is 73.5 Å². The van der Waals surface area contributed by atoms with E-state index >= 15 is 0 Å². The number of hydrogen-bond donors (Lipinski definition) is 2. The average molecular weight is 484 g/mol. The van der Waals surface area contributed by atoms with Crippen LogP contribution in [0, 0.1) is 11.3 Å². The van der Waals surface area contributed by atoms with Gasteiger partial charge in [0.25, 0.3) is 0 Å². The molecule has 2 unspecified atom stereocenters. The van der Waals surface area contributed by atoms with E-state index in [2.05, 4.69) is 42.0 Å². The third kappa shape index (κ3) is 6.77. The van der Waals surface area contributed by atoms with Gasteiger partial charge < -0.3 is 25.4 Å². The van der Waals surface area contributed by atoms with Gasteiger partial charge in [-0.2, -0.15) is 0 Å². The van der Waals surface area contributed by atoms with E-state index in [4.69, 9.17) is 15.2 Å². The number of ether oxygens (including phenoxy) is 2. The molecule has 0 spiro atoms. The number of nitrogens with one attached hydrogen (secondary N) is 1. The molecule has 170 valence electrons. The molecule has 6 nitrogen and oxygen atoms in total. The lowest BCUT2D eigenvalue weighted by atomic mass is 9.77. The van der Waals surface area contributed by atoms with E-state index in [0.29, 0.717) is 18.2 Å². The number of halogens is 1. The Morgan fingerprint density at radius 2 is 1.93 bits per heavy atom. The highest BCUT2D eigenvalue weighted by Gasteiger charge is 2.40. The van der Waals surface area contributed by atoms with Crippen LogP contribution >= 0.6 is 15.9 Å². The second-order valence-corrected chi connectivity index (χ2v) is 11.1. The number of nitrogen functional groups attached to an aromatic ring is 1. The number of rotatable bonds is 5. The van der Waals surface area contributed by atoms with E-state index in [0.717, 1.165) is 41.7 Å². The molecule has 1 amide bonds. The first-order chi connectivity index (χ1) is 13.8. The lowest BCUT2D eigenvalue weighted by Gasteiger charge is -2.46. The molecular weight excluding hydrogens is 446 g/mol. The van der Waals surface area contributed by atoms with E-state index < -0.39 is 5.60 Å². The van der Waals surface area contributed by atoms with Crippen molar-refractivity contribution < 1.29 is 14.3 Å². The van der Waals surface area contributed by atoms with Crippen molar-refractivity contribution in [1.29, 1.82) is 0 Å². The summed E-state index contributed by atoms with van der Waals surface area (Å²) in [6.45, 7) is 14.6. The maximum atomic E-state index is 12.8. The van der Waals surface area contributed by atoms with Gasteiger partial charge in [0, 0.05) is 40.9 Å². The van der Waals surface area contributed by atoms with Gasteiger partial charge in [-0.3, -0.25) is 0 Å². The molecule has 0 bridgehead atoms. The Hall–Kier alpha value is -1.47. The third-order valence-electron chi connectivity index (χ3n) is 5.49. The standard InChI is InChI=1S/C23H38BrN3O3/c1-22(2,3)20-10-15(8-9-27(20)21(28)30-23(4,5)6)13-26-14-16-11-17(24)18(25)12-19(16)29-7/h11-12,15,20,26H,8-10,13-14,25H2,1-7H3. The van der Waals surface area contributed by atoms with Gasteiger partial charge in [-0.15, -0.1) is 0 Å². The number of likely N-dealkylation sites (tertiary alicyclic amines) is 1. The van der Waals surface area contributed by atoms with E-state index in [-0.39, 0.29) is 17.6 Å². The van der Waals surface area contributed by atoms with Gasteiger partial charge in [0.1, 0.15) is 11.4 Å². The summed E-state index contributed by atoms with van der Waals surface area (Å²) in [5.41, 5.74) is 7.19. The van der Waals surface area contributed by atoms with Crippen LogP contribution in [0.1, 0.15) is 59.9 Å². The number of piperidine rings is 1. The molecule has 0 aromatic heterocycles. The van der Waals surface area contributed by atoms with Crippen LogP contribution in [0.4, 0.5) is 10.5 Å². The number of methoxy groups -OCH3 is 1. The Kier molecular flexibility index (Phi) is 8.08. The van der Waals surface area contributed by atoms with Crippen molar-refractivity contribution in [1.82, 2.24) is 10.2 Å². The topological polar surface area (TPSA) is 76.8 Å². The molecule has 1 aliphatic rings. The third-order valence-corrected chi connectivity index (χ3v) is 6.17. The van der Waals surface area contributed by atoms with Gasteiger partial charge in [0.15, 0.2) is 0 Å². The number of benzene rings is 1. The molecule has 7 heteroatoms. The lowest BCUT2D eigenvalue weighted by molar-refractivity contribution is -0.0151. The van der Waals surface area contributed by atoms with Crippen LogP contribution in [0.5, 0.6) is 5.75 Å². The molecule has 1 fully saturated rings. The van der Waals surface area contributed by atoms with E-state index in [1.165, 1.54) is 0 Å². The number of nitrogens with two attached hydrogens (primary N) is 1. The zero-order valence-corrected chi connectivity index (χ0v) is 21.1. The van der Waals surface area contributed by atoms with Crippen molar-refractivity contribution in [2.24, 2.45) is 11.3 Å². The second kappa shape index (κ2) is 9.77. The highest BCUT2D eigenvalue weighted by molar-refractivity contribution is 9.10. The zero-order valence-electron chi connectivity index (χ0n) is 19.5. The predicted molar refractivity (Wildman–Crippen MR) is 126 cm³/mol. The molecular formula is C23H38BrN3O3. The van der Waals surface area contributed by atoms with Crippen LogP contribution in [-0.2, 0) is 11.3 Å². The van der Waals surface area contributed by atoms with Crippen molar-refractivity contribution in [3.05, 3.63) is 22.2 Å². The summed E-state index contributed by atoms with van der Waals surface area (Å²) >= 11 is 3.49. The fourth-order valence-electron chi connectivity index (χ4n) is 3.93. The van der Waals surface area contributed by atoms with Crippen molar-refractivity contribution in [3.8, 4) is 5.75 Å². The zero-order chi connectivity index (χ0) is 22.7. The van der Waals surface area contributed by atoms with Gasteiger partial charge in [0.05, 0.1) is 7.11 Å². The quantitative estimate of drug-likeness (QED) is 0.563. The molecule has 3 N–H and O–H groups in total. The smallest absolute Gasteiger partial charge is 0.410 e. The van der Waals surface area contributed by atoms with E-state index in [9.17, 15) is 4.79 Å². The van der Waals surface area contributed by atoms with Gasteiger partial charge >= 0.3 is 6.09 Å². The Morgan fingerprint density at radius 1 is 1.27 bits per heavy atom. The largest absolute Gasteiger partial charge is 0.496 e. The summed E-state index contributed by atoms with van der Waals surface area (Å²) in [5.74, 6) is 1.28. The first kappa shape index (κ1) is 24.8. The lowest BCUT2D eigenvalue weighted by Crippen LogP contribution is -2.54. The van der Waals surface area contributed by atoms with Crippen LogP contribution in [0.15, 0.2) is 16.6 Å². The Balaban J connectivity index is 2.00. The minimum Gasteiger partial charge on any atom is -0.496 e. The molecule has 1 aromatic carbocycles. The second-order valence-electron chi connectivity index (χ2n) is 10.3. The van der Waals surface area contributed by atoms with E-state index in [1.54, 1.807) is 7.11 Å². The number of anilines is 1. The number of carbonyl (C=O) groups is 1. The van der Waals surface area contributed by atoms with Gasteiger partial charge in [-0.1, -0.05) is 20.8 Å². The maximum Gasteiger partial charge on any atom is 0.410 e. The van der Waals surface area contributed by atoms with Crippen LogP contribution in [0.3, 0.4) is 0 Å². The fraction of sp³-hybridized carbons (Fsp3) is 0.696. The summed E-state index contributed by atoms with van der Waals surface area (Å²) in [7, 11) is 1.66. The normalized spacial score (nSPS) is 20.2. The summed E-state index contributed by atoms with van der Waals surface area (Å²) in [6.07, 6.45) is 1.71. The molecule has 1 saturated heterocycles. The van der Waals surface area contributed by atoms with Gasteiger partial charge in [0.2, 0.25) is 0 Å². The van der Waals surface area contributed by atoms with Crippen LogP contribution in [0.25, 0.3) is 0 Å². The summed E-state index contributed by atoms with van der Waals surface area (Å²) in [5, 5.41) is 3.57. The molecule has 30 heavy (non-hydrogen) atoms. The van der Waals surface area contributed by atoms with Crippen molar-refractivity contribution in [2.45, 2.75) is 72.6 Å². The first-order valence-electron chi connectivity index (χ1n) is 10.6. The minimum absolute atomic E-state index is 0.0133. The van der Waals surface area contributed by atoms with Crippen LogP contribution in [0.2, 0.25) is 0 Å². The predicted octanol–water partition coefficient (Wildman–Crippen LogP) is 5.19. The Bertz CT molecular complexity index is 740. The molecule has 0 saturated carbocycles. The van der Waals surface area contributed by atoms with Crippen molar-refractivity contribution in [2.75, 3.05) is 25.9 Å². The fourth-order valence-corrected chi connectivity index (χ4v) is 4.32.